The fraction of sp³-hybridized carbons (Fsp3) is 0.211. The first-order chi connectivity index (χ1) is 10.4. The van der Waals surface area contributed by atoms with Crippen molar-refractivity contribution in [3.8, 4) is 0 Å². The third-order valence-electron chi connectivity index (χ3n) is 3.96. The summed E-state index contributed by atoms with van der Waals surface area (Å²) in [5.41, 5.74) is 2.52. The van der Waals surface area contributed by atoms with E-state index in [1.165, 1.54) is 16.3 Å². The van der Waals surface area contributed by atoms with Crippen LogP contribution in [0.4, 0.5) is 0 Å². The molecule has 2 aromatic carbocycles. The number of hydrogen-bond acceptors (Lipinski definition) is 2. The van der Waals surface area contributed by atoms with Gasteiger partial charge < -0.3 is 5.32 Å². The van der Waals surface area contributed by atoms with Gasteiger partial charge in [0.25, 0.3) is 0 Å². The van der Waals surface area contributed by atoms with E-state index < -0.39 is 0 Å². The van der Waals surface area contributed by atoms with Gasteiger partial charge in [-0.25, -0.2) is 0 Å². The molecule has 0 aliphatic heterocycles. The number of aryl methyl sites for hydroxylation is 1. The van der Waals surface area contributed by atoms with Gasteiger partial charge in [-0.3, -0.25) is 4.98 Å². The Morgan fingerprint density at radius 3 is 2.57 bits per heavy atom. The average molecular weight is 276 g/mol. The quantitative estimate of drug-likeness (QED) is 0.758. The molecule has 2 nitrogen and oxygen atoms in total. The SMILES string of the molecule is CNC(CCc1ccccn1)c1cccc2ccccc12. The standard InChI is InChI=1S/C19H20N2/c1-20-19(13-12-16-9-4-5-14-21-16)18-11-6-8-15-7-2-3-10-17(15)18/h2-11,14,19-20H,12-13H2,1H3. The molecule has 0 aliphatic rings. The molecule has 2 heteroatoms. The molecule has 1 atom stereocenters. The number of fused-ring (bicyclic) bond motifs is 1. The van der Waals surface area contributed by atoms with Gasteiger partial charge in [0, 0.05) is 17.9 Å². The monoisotopic (exact) mass is 276 g/mol. The molecule has 0 spiro atoms. The van der Waals surface area contributed by atoms with E-state index in [1.54, 1.807) is 0 Å². The molecule has 106 valence electrons. The Morgan fingerprint density at radius 1 is 0.952 bits per heavy atom. The maximum Gasteiger partial charge on any atom is 0.0404 e. The van der Waals surface area contributed by atoms with E-state index in [9.17, 15) is 0 Å². The van der Waals surface area contributed by atoms with Gasteiger partial charge in [0.15, 0.2) is 0 Å². The molecule has 0 bridgehead atoms. The van der Waals surface area contributed by atoms with E-state index in [1.807, 2.05) is 19.3 Å². The molecule has 0 radical (unpaired) electrons. The summed E-state index contributed by atoms with van der Waals surface area (Å²) in [5.74, 6) is 0. The normalized spacial score (nSPS) is 12.4. The van der Waals surface area contributed by atoms with Crippen LogP contribution in [0.15, 0.2) is 66.9 Å². The minimum Gasteiger partial charge on any atom is -0.313 e. The van der Waals surface area contributed by atoms with Crippen molar-refractivity contribution in [3.05, 3.63) is 78.1 Å². The van der Waals surface area contributed by atoms with Crippen LogP contribution >= 0.6 is 0 Å². The molecule has 1 aromatic heterocycles. The summed E-state index contributed by atoms with van der Waals surface area (Å²) in [7, 11) is 2.03. The molecular weight excluding hydrogens is 256 g/mol. The fourth-order valence-electron chi connectivity index (χ4n) is 2.85. The lowest BCUT2D eigenvalue weighted by Gasteiger charge is -2.18. The first kappa shape index (κ1) is 13.8. The fourth-order valence-corrected chi connectivity index (χ4v) is 2.85. The average Bonchev–Trinajstić information content (AvgIpc) is 2.56. The number of rotatable bonds is 5. The molecule has 0 saturated carbocycles. The zero-order valence-electron chi connectivity index (χ0n) is 12.3. The van der Waals surface area contributed by atoms with Gasteiger partial charge in [0.05, 0.1) is 0 Å². The molecule has 21 heavy (non-hydrogen) atoms. The molecule has 0 amide bonds. The maximum absolute atomic E-state index is 4.41. The van der Waals surface area contributed by atoms with E-state index in [2.05, 4.69) is 64.9 Å². The summed E-state index contributed by atoms with van der Waals surface area (Å²) in [6, 6.07) is 21.6. The lowest BCUT2D eigenvalue weighted by molar-refractivity contribution is 0.549. The molecule has 3 aromatic rings. The minimum atomic E-state index is 0.345. The van der Waals surface area contributed by atoms with Crippen LogP contribution in [-0.4, -0.2) is 12.0 Å². The third-order valence-corrected chi connectivity index (χ3v) is 3.96. The molecule has 1 N–H and O–H groups in total. The van der Waals surface area contributed by atoms with Crippen LogP contribution in [-0.2, 0) is 6.42 Å². The van der Waals surface area contributed by atoms with Crippen molar-refractivity contribution in [2.45, 2.75) is 18.9 Å². The Morgan fingerprint density at radius 2 is 1.76 bits per heavy atom. The zero-order chi connectivity index (χ0) is 14.5. The molecule has 1 heterocycles. The predicted molar refractivity (Wildman–Crippen MR) is 88.3 cm³/mol. The summed E-state index contributed by atoms with van der Waals surface area (Å²) in [5, 5.41) is 6.09. The van der Waals surface area contributed by atoms with Crippen molar-refractivity contribution in [2.75, 3.05) is 7.05 Å². The molecular formula is C19H20N2. The molecule has 3 rings (SSSR count). The second kappa shape index (κ2) is 6.51. The van der Waals surface area contributed by atoms with Crippen molar-refractivity contribution in [3.63, 3.8) is 0 Å². The zero-order valence-corrected chi connectivity index (χ0v) is 12.3. The van der Waals surface area contributed by atoms with Gasteiger partial charge >= 0.3 is 0 Å². The van der Waals surface area contributed by atoms with Crippen LogP contribution in [0.2, 0.25) is 0 Å². The van der Waals surface area contributed by atoms with Gasteiger partial charge in [-0.15, -0.1) is 0 Å². The molecule has 0 aliphatic carbocycles. The topological polar surface area (TPSA) is 24.9 Å². The third kappa shape index (κ3) is 3.11. The van der Waals surface area contributed by atoms with Gasteiger partial charge in [-0.05, 0) is 48.4 Å². The van der Waals surface area contributed by atoms with Crippen molar-refractivity contribution >= 4 is 10.8 Å². The van der Waals surface area contributed by atoms with Gasteiger partial charge in [0.2, 0.25) is 0 Å². The number of benzene rings is 2. The highest BCUT2D eigenvalue weighted by Crippen LogP contribution is 2.26. The van der Waals surface area contributed by atoms with Crippen molar-refractivity contribution < 1.29 is 0 Å². The number of aromatic nitrogens is 1. The minimum absolute atomic E-state index is 0.345. The highest BCUT2D eigenvalue weighted by Gasteiger charge is 2.12. The lowest BCUT2D eigenvalue weighted by atomic mass is 9.95. The molecule has 0 saturated heterocycles. The van der Waals surface area contributed by atoms with Crippen LogP contribution < -0.4 is 5.32 Å². The van der Waals surface area contributed by atoms with Crippen molar-refractivity contribution in [2.24, 2.45) is 0 Å². The molecule has 1 unspecified atom stereocenters. The van der Waals surface area contributed by atoms with Crippen LogP contribution in [0.1, 0.15) is 23.7 Å². The van der Waals surface area contributed by atoms with Gasteiger partial charge in [-0.2, -0.15) is 0 Å². The van der Waals surface area contributed by atoms with Crippen molar-refractivity contribution in [1.29, 1.82) is 0 Å². The van der Waals surface area contributed by atoms with Gasteiger partial charge in [-0.1, -0.05) is 48.5 Å². The van der Waals surface area contributed by atoms with Crippen LogP contribution in [0.3, 0.4) is 0 Å². The number of nitrogens with zero attached hydrogens (tertiary/aromatic N) is 1. The summed E-state index contributed by atoms with van der Waals surface area (Å²) >= 11 is 0. The second-order valence-electron chi connectivity index (χ2n) is 5.27. The second-order valence-corrected chi connectivity index (χ2v) is 5.27. The largest absolute Gasteiger partial charge is 0.313 e. The van der Waals surface area contributed by atoms with Crippen LogP contribution in [0.25, 0.3) is 10.8 Å². The summed E-state index contributed by atoms with van der Waals surface area (Å²) in [4.78, 5) is 4.41. The van der Waals surface area contributed by atoms with E-state index >= 15 is 0 Å². The first-order valence-electron chi connectivity index (χ1n) is 7.43. The van der Waals surface area contributed by atoms with E-state index in [-0.39, 0.29) is 0 Å². The van der Waals surface area contributed by atoms with E-state index in [0.29, 0.717) is 6.04 Å². The smallest absolute Gasteiger partial charge is 0.0404 e. The summed E-state index contributed by atoms with van der Waals surface area (Å²) in [6.07, 6.45) is 3.89. The Balaban J connectivity index is 1.85. The number of nitrogens with one attached hydrogen (secondary N) is 1. The van der Waals surface area contributed by atoms with Crippen LogP contribution in [0.5, 0.6) is 0 Å². The lowest BCUT2D eigenvalue weighted by Crippen LogP contribution is -2.17. The molecule has 0 fully saturated rings. The Labute approximate surface area is 125 Å². The van der Waals surface area contributed by atoms with Crippen LogP contribution in [0, 0.1) is 0 Å². The summed E-state index contributed by atoms with van der Waals surface area (Å²) in [6.45, 7) is 0. The maximum atomic E-state index is 4.41. The number of pyridine rings is 1. The van der Waals surface area contributed by atoms with Gasteiger partial charge in [0.1, 0.15) is 0 Å². The van der Waals surface area contributed by atoms with E-state index in [0.717, 1.165) is 18.5 Å². The highest BCUT2D eigenvalue weighted by atomic mass is 14.9. The first-order valence-corrected chi connectivity index (χ1v) is 7.43. The Kier molecular flexibility index (Phi) is 4.27. The Hall–Kier alpha value is -2.19. The van der Waals surface area contributed by atoms with Crippen molar-refractivity contribution in [1.82, 2.24) is 10.3 Å². The highest BCUT2D eigenvalue weighted by molar-refractivity contribution is 5.86. The van der Waals surface area contributed by atoms with E-state index in [4.69, 9.17) is 0 Å². The predicted octanol–water partition coefficient (Wildman–Crippen LogP) is 4.13. The number of hydrogen-bond donors (Lipinski definition) is 1. The summed E-state index contributed by atoms with van der Waals surface area (Å²) < 4.78 is 0. The Bertz CT molecular complexity index is 702.